The maximum absolute atomic E-state index is 4.25. The van der Waals surface area contributed by atoms with Gasteiger partial charge in [-0.15, -0.1) is 0 Å². The number of ether oxygens (including phenoxy) is 1. The van der Waals surface area contributed by atoms with Crippen molar-refractivity contribution in [1.82, 2.24) is 0 Å². The summed E-state index contributed by atoms with van der Waals surface area (Å²) in [7, 11) is 3.25. The van der Waals surface area contributed by atoms with Crippen LogP contribution in [0.15, 0.2) is 30.9 Å². The van der Waals surface area contributed by atoms with Gasteiger partial charge in [0.15, 0.2) is 0 Å². The summed E-state index contributed by atoms with van der Waals surface area (Å²) in [6.45, 7) is 7.84. The monoisotopic (exact) mass is 204 g/mol. The molecule has 0 amide bonds. The first-order valence-corrected chi connectivity index (χ1v) is 4.95. The highest BCUT2D eigenvalue weighted by Gasteiger charge is 1.84. The van der Waals surface area contributed by atoms with E-state index in [0.29, 0.717) is 0 Å². The van der Waals surface area contributed by atoms with Crippen LogP contribution in [0.2, 0.25) is 0 Å². The van der Waals surface area contributed by atoms with Gasteiger partial charge in [-0.25, -0.2) is 0 Å². The Balaban J connectivity index is 0.000000583. The number of rotatable bonds is 1. The smallest absolute Gasteiger partial charge is 0.0351 e. The second kappa shape index (κ2) is 8.01. The van der Waals surface area contributed by atoms with Gasteiger partial charge >= 0.3 is 0 Å². The molecule has 15 heavy (non-hydrogen) atoms. The van der Waals surface area contributed by atoms with E-state index in [1.807, 2.05) is 19.1 Å². The summed E-state index contributed by atoms with van der Waals surface area (Å²) in [5.74, 6) is 0. The maximum Gasteiger partial charge on any atom is 0.0351 e. The highest BCUT2D eigenvalue weighted by Crippen LogP contribution is 1.86. The fraction of sp³-hybridized carbons (Fsp3) is 0.286. The van der Waals surface area contributed by atoms with Gasteiger partial charge in [-0.2, -0.15) is 0 Å². The normalized spacial score (nSPS) is 12.0. The summed E-state index contributed by atoms with van der Waals surface area (Å²) >= 11 is 0. The molecular weight excluding hydrogens is 184 g/mol. The molecule has 0 spiro atoms. The first kappa shape index (κ1) is 13.7. The largest absolute Gasteiger partial charge is 0.388 e. The maximum atomic E-state index is 4.25. The van der Waals surface area contributed by atoms with E-state index in [0.717, 1.165) is 0 Å². The summed E-state index contributed by atoms with van der Waals surface area (Å²) < 4.78 is 4.25. The van der Waals surface area contributed by atoms with E-state index >= 15 is 0 Å². The minimum atomic E-state index is 1.24. The first-order valence-electron chi connectivity index (χ1n) is 4.95. The molecule has 82 valence electrons. The lowest BCUT2D eigenvalue weighted by Crippen LogP contribution is -2.23. The fourth-order valence-corrected chi connectivity index (χ4v) is 1.23. The Labute approximate surface area is 92.4 Å². The van der Waals surface area contributed by atoms with Gasteiger partial charge in [0.05, 0.1) is 0 Å². The molecule has 1 heteroatoms. The van der Waals surface area contributed by atoms with Crippen LogP contribution in [-0.4, -0.2) is 14.2 Å². The molecule has 0 unspecified atom stereocenters. The number of allylic oxidation sites excluding steroid dienone is 1. The molecule has 0 aliphatic heterocycles. The Morgan fingerprint density at radius 2 is 1.80 bits per heavy atom. The van der Waals surface area contributed by atoms with Crippen molar-refractivity contribution in [2.45, 2.75) is 13.8 Å². The minimum Gasteiger partial charge on any atom is -0.388 e. The lowest BCUT2D eigenvalue weighted by Gasteiger charge is -1.92. The van der Waals surface area contributed by atoms with Gasteiger partial charge in [0.25, 0.3) is 0 Å². The molecule has 1 nitrogen and oxygen atoms in total. The average Bonchev–Trinajstić information content (AvgIpc) is 2.20. The lowest BCUT2D eigenvalue weighted by atomic mass is 10.1. The number of hydrogen-bond acceptors (Lipinski definition) is 1. The first-order chi connectivity index (χ1) is 7.19. The zero-order valence-electron chi connectivity index (χ0n) is 10.1. The molecule has 1 rings (SSSR count). The van der Waals surface area contributed by atoms with Crippen LogP contribution in [0.1, 0.15) is 12.5 Å². The Morgan fingerprint density at radius 3 is 2.27 bits per heavy atom. The van der Waals surface area contributed by atoms with Crippen LogP contribution in [0.4, 0.5) is 0 Å². The topological polar surface area (TPSA) is 9.23 Å². The summed E-state index contributed by atoms with van der Waals surface area (Å²) in [4.78, 5) is 0. The quantitative estimate of drug-likeness (QED) is 0.680. The molecule has 0 aliphatic carbocycles. The third kappa shape index (κ3) is 5.18. The molecule has 0 saturated heterocycles. The van der Waals surface area contributed by atoms with Crippen LogP contribution in [0.25, 0.3) is 12.2 Å². The number of hydrogen-bond donors (Lipinski definition) is 0. The molecule has 0 radical (unpaired) electrons. The molecular formula is C14H20O. The van der Waals surface area contributed by atoms with E-state index in [9.17, 15) is 0 Å². The Kier molecular flexibility index (Phi) is 7.29. The van der Waals surface area contributed by atoms with Crippen LogP contribution in [0.3, 0.4) is 0 Å². The van der Waals surface area contributed by atoms with E-state index in [1.54, 1.807) is 14.2 Å². The molecule has 0 bridgehead atoms. The Morgan fingerprint density at radius 1 is 1.20 bits per heavy atom. The van der Waals surface area contributed by atoms with Crippen LogP contribution in [0.5, 0.6) is 0 Å². The minimum absolute atomic E-state index is 1.24. The van der Waals surface area contributed by atoms with Gasteiger partial charge in [0, 0.05) is 14.2 Å². The van der Waals surface area contributed by atoms with Gasteiger partial charge in [-0.1, -0.05) is 48.6 Å². The molecule has 0 aromatic heterocycles. The van der Waals surface area contributed by atoms with Crippen molar-refractivity contribution < 1.29 is 4.74 Å². The van der Waals surface area contributed by atoms with Crippen LogP contribution < -0.4 is 10.4 Å². The molecule has 0 N–H and O–H groups in total. The van der Waals surface area contributed by atoms with Gasteiger partial charge in [-0.05, 0) is 24.3 Å². The number of methoxy groups -OCH3 is 1. The molecule has 0 fully saturated rings. The lowest BCUT2D eigenvalue weighted by molar-refractivity contribution is 0.277. The van der Waals surface area contributed by atoms with E-state index in [1.165, 1.54) is 16.0 Å². The third-order valence-corrected chi connectivity index (χ3v) is 1.85. The average molecular weight is 204 g/mol. The van der Waals surface area contributed by atoms with Crippen molar-refractivity contribution in [3.05, 3.63) is 46.9 Å². The number of aryl methyl sites for hydroxylation is 1. The fourth-order valence-electron chi connectivity index (χ4n) is 1.23. The van der Waals surface area contributed by atoms with Crippen molar-refractivity contribution in [2.75, 3.05) is 14.2 Å². The molecule has 0 saturated carbocycles. The van der Waals surface area contributed by atoms with E-state index in [4.69, 9.17) is 0 Å². The highest BCUT2D eigenvalue weighted by molar-refractivity contribution is 5.39. The van der Waals surface area contributed by atoms with Gasteiger partial charge < -0.3 is 4.74 Å². The van der Waals surface area contributed by atoms with Crippen LogP contribution >= 0.6 is 0 Å². The zero-order chi connectivity index (χ0) is 11.7. The van der Waals surface area contributed by atoms with Crippen molar-refractivity contribution in [2.24, 2.45) is 0 Å². The standard InChI is InChI=1S/C12H14.C2H6O/c1-4-6-12-9-10(3)7-8-11(12)5-2;1-3-2/h4-9H,1H2,2-3H3;1-2H3/b11-5-,12-6-;. The summed E-state index contributed by atoms with van der Waals surface area (Å²) in [5.41, 5.74) is 1.29. The van der Waals surface area contributed by atoms with Crippen LogP contribution in [0, 0.1) is 6.92 Å². The second-order valence-electron chi connectivity index (χ2n) is 3.23. The Bertz CT molecular complexity index is 402. The van der Waals surface area contributed by atoms with Gasteiger partial charge in [-0.3, -0.25) is 0 Å². The van der Waals surface area contributed by atoms with Crippen molar-refractivity contribution in [3.63, 3.8) is 0 Å². The highest BCUT2D eigenvalue weighted by atomic mass is 16.4. The molecule has 0 heterocycles. The summed E-state index contributed by atoms with van der Waals surface area (Å²) in [5, 5.41) is 2.51. The van der Waals surface area contributed by atoms with E-state index < -0.39 is 0 Å². The van der Waals surface area contributed by atoms with Crippen molar-refractivity contribution >= 4 is 12.2 Å². The molecule has 0 aliphatic rings. The summed E-state index contributed by atoms with van der Waals surface area (Å²) in [6, 6.07) is 6.41. The molecule has 1 aromatic carbocycles. The predicted octanol–water partition coefficient (Wildman–Crippen LogP) is 2.02. The Hall–Kier alpha value is -1.34. The third-order valence-electron chi connectivity index (χ3n) is 1.85. The van der Waals surface area contributed by atoms with Gasteiger partial charge in [0.1, 0.15) is 0 Å². The molecule has 0 atom stereocenters. The van der Waals surface area contributed by atoms with E-state index in [-0.39, 0.29) is 0 Å². The van der Waals surface area contributed by atoms with Crippen LogP contribution in [-0.2, 0) is 4.74 Å². The van der Waals surface area contributed by atoms with E-state index in [2.05, 4.69) is 42.5 Å². The SMILES string of the molecule is C=C/C=c1/cc(C)cc/c1=C/C.COC. The van der Waals surface area contributed by atoms with Gasteiger partial charge in [0.2, 0.25) is 0 Å². The molecule has 1 aromatic rings. The zero-order valence-corrected chi connectivity index (χ0v) is 10.1. The second-order valence-corrected chi connectivity index (χ2v) is 3.23. The predicted molar refractivity (Wildman–Crippen MR) is 68.2 cm³/mol. The van der Waals surface area contributed by atoms with Crippen molar-refractivity contribution in [3.8, 4) is 0 Å². The number of benzene rings is 1. The van der Waals surface area contributed by atoms with Crippen molar-refractivity contribution in [1.29, 1.82) is 0 Å². The summed E-state index contributed by atoms with van der Waals surface area (Å²) in [6.07, 6.45) is 5.96.